The Bertz CT molecular complexity index is 3660. The lowest BCUT2D eigenvalue weighted by molar-refractivity contribution is -0.00748. The molecule has 23 nitrogen and oxygen atoms in total. The van der Waals surface area contributed by atoms with Gasteiger partial charge in [-0.25, -0.2) is 41.9 Å². The van der Waals surface area contributed by atoms with Gasteiger partial charge >= 0.3 is 0 Å². The fourth-order valence-corrected chi connectivity index (χ4v) is 13.2. The summed E-state index contributed by atoms with van der Waals surface area (Å²) in [6.07, 6.45) is 15.8. The van der Waals surface area contributed by atoms with Gasteiger partial charge in [-0.15, -0.1) is 0 Å². The standard InChI is InChI=1S/C25H34N4O2.C22H29N5O3S.C21H28N6O3S/c1-4-13-31-21-8-5-18(6-9-21)11-12-27-24-28-17-20(16-26)22(29-24)14-19-7-10-23(30)25(2,3)15-19;1-22(2)12-17(7-8-19(22)28)26-20-16(13-23)14-25-21(27-20)24-10-9-15-5-4-6-18(11-15)31(3,29)30;1-21(2)11-16(6-7-18(21)28)26-19-15(12-22)13-25-20(27-19)24-9-8-14-4-3-5-17(10-14)31(23,29)30/h5-6,8-9,17,19,23,30H,4,7,10-15H2,1-3H3,(H,27,28,29);4-6,11,14,17,19,28H,7-10,12H2,1-3H3,(H2,24,25,26,27);3-5,10,13,16,18,28H,6-9,11H2,1-2H3,(H2,23,29,30)(H2,24,25,26,27)/t19-,23-;17-,19+;16-,18+/m011/s1. The molecule has 3 aromatic heterocycles. The lowest BCUT2D eigenvalue weighted by Gasteiger charge is -2.40. The minimum Gasteiger partial charge on any atom is -0.494 e. The summed E-state index contributed by atoms with van der Waals surface area (Å²) in [5, 5.41) is 80.3. The Kier molecular flexibility index (Phi) is 25.4. The molecule has 3 aliphatic carbocycles. The van der Waals surface area contributed by atoms with Gasteiger partial charge in [0, 0.05) is 38.0 Å². The van der Waals surface area contributed by atoms with E-state index in [-0.39, 0.29) is 51.5 Å². The van der Waals surface area contributed by atoms with Crippen molar-refractivity contribution in [2.45, 2.75) is 179 Å². The summed E-state index contributed by atoms with van der Waals surface area (Å²) in [6.45, 7) is 16.9. The number of hydrogen-bond acceptors (Lipinski definition) is 22. The molecule has 6 atom stereocenters. The van der Waals surface area contributed by atoms with Crippen molar-refractivity contribution in [3.05, 3.63) is 130 Å². The Labute approximate surface area is 548 Å². The Hall–Kier alpha value is -8.09. The molecule has 0 radical (unpaired) electrons. The maximum atomic E-state index is 11.7. The third-order valence-corrected chi connectivity index (χ3v) is 19.5. The highest BCUT2D eigenvalue weighted by molar-refractivity contribution is 7.90. The fourth-order valence-electron chi connectivity index (χ4n) is 11.9. The van der Waals surface area contributed by atoms with E-state index in [2.05, 4.69) is 108 Å². The number of rotatable bonds is 23. The molecule has 498 valence electrons. The Morgan fingerprint density at radius 2 is 1.00 bits per heavy atom. The van der Waals surface area contributed by atoms with Crippen LogP contribution in [-0.2, 0) is 45.5 Å². The van der Waals surface area contributed by atoms with Crippen molar-refractivity contribution in [3.63, 3.8) is 0 Å². The predicted octanol–water partition coefficient (Wildman–Crippen LogP) is 9.28. The maximum absolute atomic E-state index is 11.7. The van der Waals surface area contributed by atoms with Crippen LogP contribution in [0.1, 0.15) is 152 Å². The maximum Gasteiger partial charge on any atom is 0.238 e. The molecule has 3 saturated carbocycles. The van der Waals surface area contributed by atoms with Gasteiger partial charge in [0.1, 0.15) is 46.7 Å². The molecule has 6 aromatic rings. The van der Waals surface area contributed by atoms with Crippen molar-refractivity contribution in [2.24, 2.45) is 27.3 Å². The number of aliphatic hydroxyl groups excluding tert-OH is 3. The molecule has 3 fully saturated rings. The highest BCUT2D eigenvalue weighted by Gasteiger charge is 2.38. The summed E-state index contributed by atoms with van der Waals surface area (Å²) in [4.78, 5) is 26.7. The molecule has 0 bridgehead atoms. The molecule has 9 rings (SSSR count). The van der Waals surface area contributed by atoms with E-state index in [9.17, 15) is 47.9 Å². The second-order valence-corrected chi connectivity index (χ2v) is 30.1. The number of hydrogen-bond donors (Lipinski definition) is 9. The van der Waals surface area contributed by atoms with Crippen LogP contribution >= 0.6 is 0 Å². The van der Waals surface area contributed by atoms with Gasteiger partial charge in [0.2, 0.25) is 27.9 Å². The van der Waals surface area contributed by atoms with Crippen molar-refractivity contribution in [2.75, 3.05) is 59.1 Å². The van der Waals surface area contributed by atoms with Gasteiger partial charge in [-0.1, -0.05) is 84.9 Å². The summed E-state index contributed by atoms with van der Waals surface area (Å²) in [5.41, 5.74) is 4.49. The summed E-state index contributed by atoms with van der Waals surface area (Å²) in [5.74, 6) is 3.60. The molecule has 3 heterocycles. The number of nitrogens with one attached hydrogen (secondary N) is 5. The molecular formula is C68H91N15O8S2. The third kappa shape index (κ3) is 21.7. The van der Waals surface area contributed by atoms with E-state index in [4.69, 9.17) is 9.88 Å². The first-order valence-corrected chi connectivity index (χ1v) is 35.2. The van der Waals surface area contributed by atoms with Crippen LogP contribution in [0.4, 0.5) is 29.5 Å². The summed E-state index contributed by atoms with van der Waals surface area (Å²) in [7, 11) is -6.98. The van der Waals surface area contributed by atoms with Crippen molar-refractivity contribution >= 4 is 49.3 Å². The number of ether oxygens (including phenoxy) is 1. The van der Waals surface area contributed by atoms with E-state index in [1.165, 1.54) is 30.3 Å². The molecule has 0 unspecified atom stereocenters. The van der Waals surface area contributed by atoms with E-state index >= 15 is 0 Å². The minimum atomic E-state index is -3.74. The molecule has 25 heteroatoms. The Morgan fingerprint density at radius 1 is 0.570 bits per heavy atom. The van der Waals surface area contributed by atoms with Crippen molar-refractivity contribution < 1.29 is 36.9 Å². The third-order valence-electron chi connectivity index (χ3n) is 17.5. The molecule has 93 heavy (non-hydrogen) atoms. The minimum absolute atomic E-state index is 0.0756. The van der Waals surface area contributed by atoms with Crippen LogP contribution in [0.5, 0.6) is 5.75 Å². The van der Waals surface area contributed by atoms with Gasteiger partial charge in [-0.2, -0.15) is 25.8 Å². The first-order chi connectivity index (χ1) is 44.1. The number of aliphatic hydroxyl groups is 3. The van der Waals surface area contributed by atoms with Gasteiger partial charge in [0.25, 0.3) is 0 Å². The highest BCUT2D eigenvalue weighted by Crippen LogP contribution is 2.41. The van der Waals surface area contributed by atoms with Gasteiger partial charge in [0.05, 0.1) is 64.6 Å². The van der Waals surface area contributed by atoms with Crippen LogP contribution in [0.25, 0.3) is 0 Å². The first kappa shape index (κ1) is 72.3. The van der Waals surface area contributed by atoms with Gasteiger partial charge in [0.15, 0.2) is 9.84 Å². The number of aromatic nitrogens is 6. The normalized spacial score (nSPS) is 20.4. The molecule has 10 N–H and O–H groups in total. The summed E-state index contributed by atoms with van der Waals surface area (Å²) >= 11 is 0. The SMILES string of the molecule is CC1(C)C[C@H](Nc2nc(NCCc3cccc(S(C)(=O)=O)c3)ncc2C#N)CC[C@@H]1O.CC1(C)C[C@H](Nc2nc(NCCc3cccc(S(N)(=O)=O)c3)ncc2C#N)CC[C@@H]1O.CCCOc1ccc(CCNc2ncc(C#N)c(C[C@@H]3CC[C@H](O)C(C)(C)C3)n2)cc1. The van der Waals surface area contributed by atoms with E-state index in [0.29, 0.717) is 102 Å². The monoisotopic (exact) mass is 1310 g/mol. The van der Waals surface area contributed by atoms with Gasteiger partial charge < -0.3 is 46.6 Å². The zero-order valence-electron chi connectivity index (χ0n) is 54.7. The molecule has 0 saturated heterocycles. The van der Waals surface area contributed by atoms with Crippen molar-refractivity contribution in [1.82, 2.24) is 29.9 Å². The van der Waals surface area contributed by atoms with Crippen molar-refractivity contribution in [3.8, 4) is 24.0 Å². The summed E-state index contributed by atoms with van der Waals surface area (Å²) < 4.78 is 52.0. The van der Waals surface area contributed by atoms with Crippen molar-refractivity contribution in [1.29, 1.82) is 15.8 Å². The lowest BCUT2D eigenvalue weighted by Crippen LogP contribution is -2.41. The predicted molar refractivity (Wildman–Crippen MR) is 359 cm³/mol. The van der Waals surface area contributed by atoms with E-state index in [1.807, 2.05) is 52.0 Å². The smallest absolute Gasteiger partial charge is 0.238 e. The number of nitriles is 3. The number of nitrogens with zero attached hydrogens (tertiary/aromatic N) is 9. The molecular weight excluding hydrogens is 1220 g/mol. The Morgan fingerprint density at radius 3 is 1.44 bits per heavy atom. The number of benzene rings is 3. The van der Waals surface area contributed by atoms with E-state index < -0.39 is 19.9 Å². The van der Waals surface area contributed by atoms with Crippen LogP contribution in [-0.4, -0.2) is 125 Å². The largest absolute Gasteiger partial charge is 0.494 e. The van der Waals surface area contributed by atoms with E-state index in [0.717, 1.165) is 93.4 Å². The number of sulfone groups is 1. The van der Waals surface area contributed by atoms with Crippen LogP contribution in [0.3, 0.4) is 0 Å². The average Bonchev–Trinajstić information content (AvgIpc) is 1.38. The number of anilines is 5. The molecule has 0 aliphatic heterocycles. The van der Waals surface area contributed by atoms with Gasteiger partial charge in [-0.3, -0.25) is 0 Å². The van der Waals surface area contributed by atoms with E-state index in [1.54, 1.807) is 36.5 Å². The second kappa shape index (κ2) is 32.7. The van der Waals surface area contributed by atoms with Crippen LogP contribution < -0.4 is 36.5 Å². The highest BCUT2D eigenvalue weighted by atomic mass is 32.2. The van der Waals surface area contributed by atoms with Gasteiger partial charge in [-0.05, 0) is 165 Å². The lowest BCUT2D eigenvalue weighted by atomic mass is 9.69. The average molecular weight is 1310 g/mol. The zero-order chi connectivity index (χ0) is 67.6. The zero-order valence-corrected chi connectivity index (χ0v) is 56.3. The summed E-state index contributed by atoms with van der Waals surface area (Å²) in [6, 6.07) is 28.2. The quantitative estimate of drug-likeness (QED) is 0.0288. The topological polar surface area (TPSA) is 373 Å². The van der Waals surface area contributed by atoms with Crippen LogP contribution in [0.15, 0.2) is 101 Å². The number of nitrogens with two attached hydrogens (primary N) is 1. The molecule has 3 aromatic carbocycles. The van der Waals surface area contributed by atoms with Crippen LogP contribution in [0, 0.1) is 56.2 Å². The fraction of sp³-hybridized carbons (Fsp3) is 0.515. The second-order valence-electron chi connectivity index (χ2n) is 26.5. The Balaban J connectivity index is 0.000000198. The molecule has 0 spiro atoms. The number of primary sulfonamides is 1. The molecule has 3 aliphatic rings. The first-order valence-electron chi connectivity index (χ1n) is 31.8. The van der Waals surface area contributed by atoms with Crippen LogP contribution in [0.2, 0.25) is 0 Å². The molecule has 0 amide bonds. The number of sulfonamides is 1.